The molecule has 0 fully saturated rings. The Morgan fingerprint density at radius 1 is 1.42 bits per heavy atom. The summed E-state index contributed by atoms with van der Waals surface area (Å²) in [5.41, 5.74) is 9.12. The first-order chi connectivity index (χ1) is 5.68. The molecule has 0 saturated heterocycles. The van der Waals surface area contributed by atoms with E-state index < -0.39 is 0 Å². The van der Waals surface area contributed by atoms with Gasteiger partial charge in [-0.3, -0.25) is 0 Å². The van der Waals surface area contributed by atoms with Gasteiger partial charge in [-0.05, 0) is 19.4 Å². The van der Waals surface area contributed by atoms with Gasteiger partial charge in [0, 0.05) is 11.9 Å². The molecule has 0 radical (unpaired) electrons. The number of rotatable bonds is 0. The van der Waals surface area contributed by atoms with E-state index in [4.69, 9.17) is 5.73 Å². The molecule has 2 aromatic rings. The molecule has 2 aromatic heterocycles. The summed E-state index contributed by atoms with van der Waals surface area (Å²) >= 11 is 0. The molecular weight excluding hydrogens is 152 g/mol. The summed E-state index contributed by atoms with van der Waals surface area (Å²) in [6, 6.07) is 0. The van der Waals surface area contributed by atoms with Crippen molar-refractivity contribution < 1.29 is 0 Å². The van der Waals surface area contributed by atoms with E-state index in [2.05, 4.69) is 10.1 Å². The van der Waals surface area contributed by atoms with Crippen LogP contribution in [0.5, 0.6) is 0 Å². The van der Waals surface area contributed by atoms with Crippen molar-refractivity contribution in [3.63, 3.8) is 0 Å². The second kappa shape index (κ2) is 2.20. The van der Waals surface area contributed by atoms with Gasteiger partial charge in [0.1, 0.15) is 0 Å². The fraction of sp³-hybridized carbons (Fsp3) is 0.250. The quantitative estimate of drug-likeness (QED) is 0.627. The van der Waals surface area contributed by atoms with Gasteiger partial charge in [-0.2, -0.15) is 5.10 Å². The summed E-state index contributed by atoms with van der Waals surface area (Å²) in [5, 5.41) is 4.05. The van der Waals surface area contributed by atoms with Crippen molar-refractivity contribution >= 4 is 11.3 Å². The van der Waals surface area contributed by atoms with Gasteiger partial charge < -0.3 is 5.73 Å². The van der Waals surface area contributed by atoms with Crippen LogP contribution in [0.2, 0.25) is 0 Å². The van der Waals surface area contributed by atoms with Gasteiger partial charge in [0.2, 0.25) is 0 Å². The number of hydrogen-bond donors (Lipinski definition) is 1. The van der Waals surface area contributed by atoms with Crippen molar-refractivity contribution in [2.75, 3.05) is 5.73 Å². The average Bonchev–Trinajstić information content (AvgIpc) is 2.35. The predicted molar refractivity (Wildman–Crippen MR) is 46.9 cm³/mol. The smallest absolute Gasteiger partial charge is 0.178 e. The van der Waals surface area contributed by atoms with E-state index >= 15 is 0 Å². The summed E-state index contributed by atoms with van der Waals surface area (Å²) in [6.45, 7) is 3.96. The van der Waals surface area contributed by atoms with Crippen molar-refractivity contribution in [3.8, 4) is 0 Å². The second-order valence-corrected chi connectivity index (χ2v) is 2.88. The molecule has 4 nitrogen and oxygen atoms in total. The topological polar surface area (TPSA) is 56.2 Å². The highest BCUT2D eigenvalue weighted by molar-refractivity contribution is 5.63. The molecule has 62 valence electrons. The van der Waals surface area contributed by atoms with Crippen LogP contribution < -0.4 is 5.73 Å². The molecular formula is C8H10N4. The molecule has 0 amide bonds. The predicted octanol–water partition coefficient (Wildman–Crippen LogP) is 0.928. The average molecular weight is 162 g/mol. The number of nitrogen functional groups attached to an aromatic ring is 1. The van der Waals surface area contributed by atoms with Crippen LogP contribution in [0, 0.1) is 13.8 Å². The molecule has 0 aliphatic rings. The number of fused-ring (bicyclic) bond motifs is 1. The maximum Gasteiger partial charge on any atom is 0.178 e. The van der Waals surface area contributed by atoms with Crippen LogP contribution in [0.4, 0.5) is 5.69 Å². The first-order valence-corrected chi connectivity index (χ1v) is 3.75. The zero-order valence-electron chi connectivity index (χ0n) is 7.07. The van der Waals surface area contributed by atoms with Crippen LogP contribution in [-0.2, 0) is 0 Å². The molecule has 2 N–H and O–H groups in total. The molecule has 2 rings (SSSR count). The summed E-state index contributed by atoms with van der Waals surface area (Å²) in [5.74, 6) is 0. The fourth-order valence-corrected chi connectivity index (χ4v) is 1.10. The van der Waals surface area contributed by atoms with E-state index in [-0.39, 0.29) is 0 Å². The van der Waals surface area contributed by atoms with Crippen LogP contribution >= 0.6 is 0 Å². The second-order valence-electron chi connectivity index (χ2n) is 2.88. The Morgan fingerprint density at radius 3 is 2.92 bits per heavy atom. The van der Waals surface area contributed by atoms with Gasteiger partial charge >= 0.3 is 0 Å². The Hall–Kier alpha value is -1.58. The SMILES string of the molecule is Cc1cn2ncc(N)c2nc1C. The van der Waals surface area contributed by atoms with E-state index in [0.717, 1.165) is 16.9 Å². The zero-order chi connectivity index (χ0) is 8.72. The molecule has 0 saturated carbocycles. The minimum absolute atomic E-state index is 0.623. The van der Waals surface area contributed by atoms with Gasteiger partial charge in [0.25, 0.3) is 0 Å². The van der Waals surface area contributed by atoms with Crippen LogP contribution in [-0.4, -0.2) is 14.6 Å². The summed E-state index contributed by atoms with van der Waals surface area (Å²) in [4.78, 5) is 4.31. The largest absolute Gasteiger partial charge is 0.394 e. The minimum atomic E-state index is 0.623. The standard InChI is InChI=1S/C8H10N4/c1-5-4-12-8(11-6(5)2)7(9)3-10-12/h3-4H,9H2,1-2H3. The summed E-state index contributed by atoms with van der Waals surface area (Å²) in [6.07, 6.45) is 3.54. The van der Waals surface area contributed by atoms with Gasteiger partial charge in [-0.1, -0.05) is 0 Å². The van der Waals surface area contributed by atoms with E-state index in [1.165, 1.54) is 0 Å². The maximum atomic E-state index is 5.65. The lowest BCUT2D eigenvalue weighted by atomic mass is 10.3. The molecule has 0 aliphatic heterocycles. The van der Waals surface area contributed by atoms with E-state index in [0.29, 0.717) is 5.69 Å². The monoisotopic (exact) mass is 162 g/mol. The van der Waals surface area contributed by atoms with Gasteiger partial charge in [-0.15, -0.1) is 0 Å². The number of aromatic nitrogens is 3. The van der Waals surface area contributed by atoms with Crippen molar-refractivity contribution in [2.24, 2.45) is 0 Å². The van der Waals surface area contributed by atoms with Crippen LogP contribution in [0.1, 0.15) is 11.3 Å². The Bertz CT molecular complexity index is 430. The zero-order valence-corrected chi connectivity index (χ0v) is 7.07. The summed E-state index contributed by atoms with van der Waals surface area (Å²) < 4.78 is 1.69. The Morgan fingerprint density at radius 2 is 2.17 bits per heavy atom. The third kappa shape index (κ3) is 0.845. The van der Waals surface area contributed by atoms with Crippen molar-refractivity contribution in [1.82, 2.24) is 14.6 Å². The number of nitrogens with two attached hydrogens (primary N) is 1. The third-order valence-electron chi connectivity index (χ3n) is 1.96. The normalized spacial score (nSPS) is 10.8. The number of nitrogens with zero attached hydrogens (tertiary/aromatic N) is 3. The van der Waals surface area contributed by atoms with Crippen LogP contribution in [0.15, 0.2) is 12.4 Å². The molecule has 0 spiro atoms. The fourth-order valence-electron chi connectivity index (χ4n) is 1.10. The van der Waals surface area contributed by atoms with Gasteiger partial charge in [-0.25, -0.2) is 9.50 Å². The van der Waals surface area contributed by atoms with Gasteiger partial charge in [0.05, 0.1) is 11.9 Å². The van der Waals surface area contributed by atoms with Gasteiger partial charge in [0.15, 0.2) is 5.65 Å². The first-order valence-electron chi connectivity index (χ1n) is 3.75. The van der Waals surface area contributed by atoms with Crippen LogP contribution in [0.25, 0.3) is 5.65 Å². The molecule has 2 heterocycles. The van der Waals surface area contributed by atoms with Crippen LogP contribution in [0.3, 0.4) is 0 Å². The lowest BCUT2D eigenvalue weighted by molar-refractivity contribution is 0.915. The van der Waals surface area contributed by atoms with Crippen molar-refractivity contribution in [2.45, 2.75) is 13.8 Å². The summed E-state index contributed by atoms with van der Waals surface area (Å²) in [7, 11) is 0. The highest BCUT2D eigenvalue weighted by Gasteiger charge is 2.03. The van der Waals surface area contributed by atoms with E-state index in [9.17, 15) is 0 Å². The molecule has 0 atom stereocenters. The van der Waals surface area contributed by atoms with Crippen molar-refractivity contribution in [3.05, 3.63) is 23.7 Å². The number of aryl methyl sites for hydroxylation is 2. The molecule has 0 aliphatic carbocycles. The Balaban J connectivity index is 2.87. The van der Waals surface area contributed by atoms with Crippen molar-refractivity contribution in [1.29, 1.82) is 0 Å². The number of hydrogen-bond acceptors (Lipinski definition) is 3. The third-order valence-corrected chi connectivity index (χ3v) is 1.96. The maximum absolute atomic E-state index is 5.65. The first kappa shape index (κ1) is 7.09. The highest BCUT2D eigenvalue weighted by Crippen LogP contribution is 2.12. The minimum Gasteiger partial charge on any atom is -0.394 e. The highest BCUT2D eigenvalue weighted by atomic mass is 15.2. The molecule has 0 bridgehead atoms. The van der Waals surface area contributed by atoms with E-state index in [1.54, 1.807) is 10.7 Å². The molecule has 12 heavy (non-hydrogen) atoms. The molecule has 0 aromatic carbocycles. The molecule has 0 unspecified atom stereocenters. The number of anilines is 1. The Kier molecular flexibility index (Phi) is 1.30. The lowest BCUT2D eigenvalue weighted by Crippen LogP contribution is -1.96. The molecule has 4 heteroatoms. The lowest BCUT2D eigenvalue weighted by Gasteiger charge is -1.99. The van der Waals surface area contributed by atoms with E-state index in [1.807, 2.05) is 20.0 Å². The Labute approximate surface area is 70.0 Å².